The van der Waals surface area contributed by atoms with E-state index >= 15 is 0 Å². The summed E-state index contributed by atoms with van der Waals surface area (Å²) in [7, 11) is 0. The Morgan fingerprint density at radius 3 is 2.45 bits per heavy atom. The average molecular weight is 504 g/mol. The fraction of sp³-hybridized carbons (Fsp3) is 0.250. The first kappa shape index (κ1) is 24.0. The van der Waals surface area contributed by atoms with Crippen LogP contribution >= 0.6 is 0 Å². The van der Waals surface area contributed by atoms with Gasteiger partial charge in [-0.2, -0.15) is 0 Å². The molecule has 0 N–H and O–H groups in total. The summed E-state index contributed by atoms with van der Waals surface area (Å²) in [5.74, 6) is 1.86. The summed E-state index contributed by atoms with van der Waals surface area (Å²) in [6.45, 7) is 9.83. The standard InChI is InChI=1S/C32H33N5O/c1-4-38-28-15-13-26(14-16-28)37-21-29(25-10-6-5-7-11-25)30-31(33-22-34-32(30)37)35-17-18-36(24(3)20-35)27-12-8-9-23(2)19-27/h5-16,19,21-22,24H,4,17-18,20H2,1-3H3/t24-/m0/s1. The third-order valence-corrected chi connectivity index (χ3v) is 7.33. The maximum absolute atomic E-state index is 5.67. The molecule has 3 aromatic carbocycles. The first-order valence-electron chi connectivity index (χ1n) is 13.4. The number of ether oxygens (including phenoxy) is 1. The summed E-state index contributed by atoms with van der Waals surface area (Å²) >= 11 is 0. The molecule has 0 aliphatic carbocycles. The molecule has 38 heavy (non-hydrogen) atoms. The normalized spacial score (nSPS) is 15.7. The van der Waals surface area contributed by atoms with Gasteiger partial charge in [0.2, 0.25) is 0 Å². The van der Waals surface area contributed by atoms with Crippen molar-refractivity contribution in [3.8, 4) is 22.6 Å². The second-order valence-electron chi connectivity index (χ2n) is 9.93. The predicted octanol–water partition coefficient (Wildman–Crippen LogP) is 6.51. The quantitative estimate of drug-likeness (QED) is 0.264. The summed E-state index contributed by atoms with van der Waals surface area (Å²) < 4.78 is 7.84. The molecule has 0 amide bonds. The number of nitrogens with zero attached hydrogens (tertiary/aromatic N) is 5. The lowest BCUT2D eigenvalue weighted by atomic mass is 10.1. The Balaban J connectivity index is 1.42. The molecular weight excluding hydrogens is 470 g/mol. The van der Waals surface area contributed by atoms with Crippen LogP contribution in [0.4, 0.5) is 11.5 Å². The molecule has 0 spiro atoms. The van der Waals surface area contributed by atoms with E-state index in [0.717, 1.165) is 59.0 Å². The molecule has 0 radical (unpaired) electrons. The van der Waals surface area contributed by atoms with Crippen molar-refractivity contribution in [1.29, 1.82) is 0 Å². The average Bonchev–Trinajstić information content (AvgIpc) is 3.34. The third-order valence-electron chi connectivity index (χ3n) is 7.33. The zero-order valence-corrected chi connectivity index (χ0v) is 22.2. The van der Waals surface area contributed by atoms with E-state index in [9.17, 15) is 0 Å². The lowest BCUT2D eigenvalue weighted by molar-refractivity contribution is 0.340. The van der Waals surface area contributed by atoms with Crippen molar-refractivity contribution in [2.45, 2.75) is 26.8 Å². The van der Waals surface area contributed by atoms with Gasteiger partial charge in [-0.25, -0.2) is 9.97 Å². The highest BCUT2D eigenvalue weighted by Crippen LogP contribution is 2.38. The molecule has 6 heteroatoms. The summed E-state index contributed by atoms with van der Waals surface area (Å²) in [4.78, 5) is 14.6. The SMILES string of the molecule is CCOc1ccc(-n2cc(-c3ccccc3)c3c(N4CCN(c5cccc(C)c5)[C@@H](C)C4)ncnc32)cc1. The van der Waals surface area contributed by atoms with Crippen LogP contribution in [0.15, 0.2) is 91.4 Å². The van der Waals surface area contributed by atoms with Gasteiger partial charge in [0.25, 0.3) is 0 Å². The monoisotopic (exact) mass is 503 g/mol. The zero-order chi connectivity index (χ0) is 26.1. The van der Waals surface area contributed by atoms with Crippen LogP contribution < -0.4 is 14.5 Å². The van der Waals surface area contributed by atoms with Crippen molar-refractivity contribution in [2.75, 3.05) is 36.0 Å². The van der Waals surface area contributed by atoms with Crippen molar-refractivity contribution in [3.63, 3.8) is 0 Å². The van der Waals surface area contributed by atoms with Crippen molar-refractivity contribution in [2.24, 2.45) is 0 Å². The second-order valence-corrected chi connectivity index (χ2v) is 9.93. The number of piperazine rings is 1. The molecule has 5 aromatic rings. The van der Waals surface area contributed by atoms with E-state index in [2.05, 4.69) is 101 Å². The molecule has 1 atom stereocenters. The summed E-state index contributed by atoms with van der Waals surface area (Å²) in [6, 6.07) is 27.9. The highest BCUT2D eigenvalue weighted by atomic mass is 16.5. The van der Waals surface area contributed by atoms with Crippen LogP contribution in [-0.4, -0.2) is 46.8 Å². The zero-order valence-electron chi connectivity index (χ0n) is 22.2. The number of hydrogen-bond acceptors (Lipinski definition) is 5. The molecule has 1 fully saturated rings. The molecule has 0 saturated carbocycles. The van der Waals surface area contributed by atoms with Gasteiger partial charge in [-0.1, -0.05) is 42.5 Å². The lowest BCUT2D eigenvalue weighted by Gasteiger charge is -2.42. The molecule has 0 unspecified atom stereocenters. The van der Waals surface area contributed by atoms with Gasteiger partial charge >= 0.3 is 0 Å². The molecular formula is C32H33N5O. The Hall–Kier alpha value is -4.32. The van der Waals surface area contributed by atoms with Crippen LogP contribution in [0.2, 0.25) is 0 Å². The van der Waals surface area contributed by atoms with Crippen LogP contribution in [0.1, 0.15) is 19.4 Å². The summed E-state index contributed by atoms with van der Waals surface area (Å²) in [5.41, 5.74) is 6.83. The molecule has 0 bridgehead atoms. The fourth-order valence-electron chi connectivity index (χ4n) is 5.53. The van der Waals surface area contributed by atoms with Crippen LogP contribution in [-0.2, 0) is 0 Å². The van der Waals surface area contributed by atoms with Gasteiger partial charge in [-0.15, -0.1) is 0 Å². The largest absolute Gasteiger partial charge is 0.494 e. The minimum absolute atomic E-state index is 0.351. The van der Waals surface area contributed by atoms with E-state index in [1.807, 2.05) is 19.1 Å². The highest BCUT2D eigenvalue weighted by molar-refractivity contribution is 6.02. The molecule has 1 aliphatic rings. The number of aryl methyl sites for hydroxylation is 1. The highest BCUT2D eigenvalue weighted by Gasteiger charge is 2.28. The summed E-state index contributed by atoms with van der Waals surface area (Å²) in [6.07, 6.45) is 3.90. The second kappa shape index (κ2) is 10.2. The number of anilines is 2. The topological polar surface area (TPSA) is 46.4 Å². The summed E-state index contributed by atoms with van der Waals surface area (Å²) in [5, 5.41) is 1.09. The number of hydrogen-bond donors (Lipinski definition) is 0. The van der Waals surface area contributed by atoms with E-state index in [4.69, 9.17) is 14.7 Å². The van der Waals surface area contributed by atoms with Gasteiger partial charge in [-0.05, 0) is 68.3 Å². The molecule has 6 nitrogen and oxygen atoms in total. The number of fused-ring (bicyclic) bond motifs is 1. The van der Waals surface area contributed by atoms with Crippen molar-refractivity contribution in [3.05, 3.63) is 97.0 Å². The van der Waals surface area contributed by atoms with Crippen LogP contribution in [0.25, 0.3) is 27.8 Å². The van der Waals surface area contributed by atoms with E-state index in [1.54, 1.807) is 6.33 Å². The number of aromatic nitrogens is 3. The predicted molar refractivity (Wildman–Crippen MR) is 156 cm³/mol. The lowest BCUT2D eigenvalue weighted by Crippen LogP contribution is -2.52. The van der Waals surface area contributed by atoms with E-state index in [-0.39, 0.29) is 0 Å². The molecule has 1 aliphatic heterocycles. The van der Waals surface area contributed by atoms with Crippen LogP contribution in [0.3, 0.4) is 0 Å². The van der Waals surface area contributed by atoms with Crippen molar-refractivity contribution in [1.82, 2.24) is 14.5 Å². The third kappa shape index (κ3) is 4.47. The van der Waals surface area contributed by atoms with Gasteiger partial charge in [0.05, 0.1) is 12.0 Å². The fourth-order valence-corrected chi connectivity index (χ4v) is 5.53. The first-order chi connectivity index (χ1) is 18.6. The van der Waals surface area contributed by atoms with Gasteiger partial charge in [0.15, 0.2) is 5.65 Å². The minimum Gasteiger partial charge on any atom is -0.494 e. The Labute approximate surface area is 224 Å². The van der Waals surface area contributed by atoms with Gasteiger partial charge in [0, 0.05) is 48.8 Å². The Morgan fingerprint density at radius 1 is 0.895 bits per heavy atom. The first-order valence-corrected chi connectivity index (χ1v) is 13.4. The van der Waals surface area contributed by atoms with Gasteiger partial charge in [0.1, 0.15) is 17.9 Å². The number of rotatable bonds is 6. The molecule has 3 heterocycles. The molecule has 192 valence electrons. The molecule has 2 aromatic heterocycles. The number of benzene rings is 3. The van der Waals surface area contributed by atoms with Crippen molar-refractivity contribution < 1.29 is 4.74 Å². The van der Waals surface area contributed by atoms with Crippen LogP contribution in [0, 0.1) is 6.92 Å². The Bertz CT molecular complexity index is 1540. The minimum atomic E-state index is 0.351. The van der Waals surface area contributed by atoms with Gasteiger partial charge < -0.3 is 19.1 Å². The molecule has 6 rings (SSSR count). The van der Waals surface area contributed by atoms with Gasteiger partial charge in [-0.3, -0.25) is 0 Å². The van der Waals surface area contributed by atoms with E-state index < -0.39 is 0 Å². The maximum atomic E-state index is 5.67. The van der Waals surface area contributed by atoms with Crippen molar-refractivity contribution >= 4 is 22.5 Å². The van der Waals surface area contributed by atoms with E-state index in [0.29, 0.717) is 12.6 Å². The maximum Gasteiger partial charge on any atom is 0.150 e. The van der Waals surface area contributed by atoms with E-state index in [1.165, 1.54) is 11.3 Å². The smallest absolute Gasteiger partial charge is 0.150 e. The Morgan fingerprint density at radius 2 is 1.71 bits per heavy atom. The van der Waals surface area contributed by atoms with Crippen LogP contribution in [0.5, 0.6) is 5.75 Å². The molecule has 1 saturated heterocycles. The Kier molecular flexibility index (Phi) is 6.46.